The molecule has 1 aromatic carbocycles. The van der Waals surface area contributed by atoms with E-state index >= 15 is 0 Å². The maximum Gasteiger partial charge on any atom is 0.123 e. The largest absolute Gasteiger partial charge is 0.396 e. The van der Waals surface area contributed by atoms with Crippen molar-refractivity contribution in [1.82, 2.24) is 0 Å². The lowest BCUT2D eigenvalue weighted by Crippen LogP contribution is -2.05. The summed E-state index contributed by atoms with van der Waals surface area (Å²) in [5.74, 6) is -0.218. The van der Waals surface area contributed by atoms with Crippen LogP contribution in [0.25, 0.3) is 0 Å². The first-order chi connectivity index (χ1) is 8.29. The molecule has 0 aliphatic carbocycles. The molecule has 0 aliphatic rings. The van der Waals surface area contributed by atoms with Crippen LogP contribution >= 0.6 is 11.3 Å². The van der Waals surface area contributed by atoms with Crippen LogP contribution in [0.1, 0.15) is 22.8 Å². The van der Waals surface area contributed by atoms with Gasteiger partial charge in [0.25, 0.3) is 0 Å². The fraction of sp³-hybridized carbons (Fsp3) is 0.286. The summed E-state index contributed by atoms with van der Waals surface area (Å²) in [5.41, 5.74) is 0.879. The number of rotatable bonds is 5. The van der Waals surface area contributed by atoms with Crippen molar-refractivity contribution in [2.75, 3.05) is 6.61 Å². The van der Waals surface area contributed by atoms with Gasteiger partial charge in [0, 0.05) is 17.4 Å². The summed E-state index contributed by atoms with van der Waals surface area (Å²) < 4.78 is 13.1. The Hall–Kier alpha value is -1.19. The molecule has 1 unspecified atom stereocenters. The van der Waals surface area contributed by atoms with Gasteiger partial charge in [-0.05, 0) is 42.0 Å². The summed E-state index contributed by atoms with van der Waals surface area (Å²) in [6.45, 7) is 0.0643. The molecular weight excluding hydrogens is 235 g/mol. The maximum atomic E-state index is 13.1. The number of benzene rings is 1. The van der Waals surface area contributed by atoms with Crippen molar-refractivity contribution in [2.45, 2.75) is 18.8 Å². The molecule has 2 aromatic rings. The predicted octanol–water partition coefficient (Wildman–Crippen LogP) is 3.60. The number of hydrogen-bond acceptors (Lipinski definition) is 2. The van der Waals surface area contributed by atoms with E-state index in [1.54, 1.807) is 17.4 Å². The van der Waals surface area contributed by atoms with Crippen molar-refractivity contribution >= 4 is 11.3 Å². The third-order valence-electron chi connectivity index (χ3n) is 2.86. The van der Waals surface area contributed by atoms with E-state index in [1.807, 2.05) is 17.5 Å². The average Bonchev–Trinajstić information content (AvgIpc) is 2.83. The number of hydrogen-bond donors (Lipinski definition) is 1. The normalized spacial score (nSPS) is 12.6. The zero-order valence-corrected chi connectivity index (χ0v) is 10.3. The summed E-state index contributed by atoms with van der Waals surface area (Å²) in [7, 11) is 0. The molecule has 0 aliphatic heterocycles. The molecule has 1 atom stereocenters. The van der Waals surface area contributed by atoms with Gasteiger partial charge in [-0.25, -0.2) is 4.39 Å². The highest BCUT2D eigenvalue weighted by Gasteiger charge is 2.11. The quantitative estimate of drug-likeness (QED) is 0.859. The van der Waals surface area contributed by atoms with Gasteiger partial charge >= 0.3 is 0 Å². The van der Waals surface area contributed by atoms with E-state index in [1.165, 1.54) is 17.0 Å². The smallest absolute Gasteiger partial charge is 0.123 e. The van der Waals surface area contributed by atoms with Crippen LogP contribution in [0, 0.1) is 5.82 Å². The molecule has 2 rings (SSSR count). The van der Waals surface area contributed by atoms with Gasteiger partial charge in [0.2, 0.25) is 0 Å². The first-order valence-electron chi connectivity index (χ1n) is 5.68. The number of thiophene rings is 1. The third kappa shape index (κ3) is 3.38. The van der Waals surface area contributed by atoms with Gasteiger partial charge < -0.3 is 5.11 Å². The average molecular weight is 250 g/mol. The highest BCUT2D eigenvalue weighted by molar-refractivity contribution is 7.09. The Bertz CT molecular complexity index is 453. The molecule has 1 aromatic heterocycles. The van der Waals surface area contributed by atoms with E-state index < -0.39 is 0 Å². The minimum atomic E-state index is -0.239. The second kappa shape index (κ2) is 5.94. The number of aliphatic hydroxyl groups excluding tert-OH is 1. The van der Waals surface area contributed by atoms with Crippen molar-refractivity contribution in [3.05, 3.63) is 58.0 Å². The zero-order valence-electron chi connectivity index (χ0n) is 9.47. The summed E-state index contributed by atoms with van der Waals surface area (Å²) in [4.78, 5) is 1.31. The molecule has 0 saturated carbocycles. The fourth-order valence-corrected chi connectivity index (χ4v) is 2.62. The van der Waals surface area contributed by atoms with Gasteiger partial charge in [-0.1, -0.05) is 18.2 Å². The van der Waals surface area contributed by atoms with Crippen molar-refractivity contribution < 1.29 is 9.50 Å². The molecule has 0 bridgehead atoms. The van der Waals surface area contributed by atoms with Crippen LogP contribution in [-0.4, -0.2) is 11.7 Å². The molecule has 0 fully saturated rings. The molecule has 0 saturated heterocycles. The Morgan fingerprint density at radius 2 is 2.12 bits per heavy atom. The van der Waals surface area contributed by atoms with Crippen LogP contribution in [0.2, 0.25) is 0 Å². The van der Waals surface area contributed by atoms with Crippen molar-refractivity contribution in [1.29, 1.82) is 0 Å². The standard InChI is InChI=1S/C14H15FOS/c15-13-4-1-3-11(9-13)12(10-16)6-7-14-5-2-8-17-14/h1-5,8-9,12,16H,6-7,10H2. The lowest BCUT2D eigenvalue weighted by molar-refractivity contribution is 0.259. The van der Waals surface area contributed by atoms with E-state index in [2.05, 4.69) is 6.07 Å². The van der Waals surface area contributed by atoms with Gasteiger partial charge in [-0.15, -0.1) is 11.3 Å². The molecule has 90 valence electrons. The Kier molecular flexibility index (Phi) is 4.29. The van der Waals surface area contributed by atoms with E-state index in [9.17, 15) is 9.50 Å². The van der Waals surface area contributed by atoms with Crippen molar-refractivity contribution in [2.24, 2.45) is 0 Å². The van der Waals surface area contributed by atoms with Crippen LogP contribution in [0.15, 0.2) is 41.8 Å². The van der Waals surface area contributed by atoms with E-state index in [0.717, 1.165) is 18.4 Å². The lowest BCUT2D eigenvalue weighted by atomic mass is 9.95. The van der Waals surface area contributed by atoms with Crippen LogP contribution in [-0.2, 0) is 6.42 Å². The molecule has 3 heteroatoms. The molecule has 0 spiro atoms. The Balaban J connectivity index is 2.01. The van der Waals surface area contributed by atoms with Gasteiger partial charge in [0.1, 0.15) is 5.82 Å². The first-order valence-corrected chi connectivity index (χ1v) is 6.56. The van der Waals surface area contributed by atoms with Gasteiger partial charge in [-0.3, -0.25) is 0 Å². The Morgan fingerprint density at radius 1 is 1.24 bits per heavy atom. The Morgan fingerprint density at radius 3 is 2.76 bits per heavy atom. The van der Waals surface area contributed by atoms with E-state index in [-0.39, 0.29) is 18.3 Å². The molecule has 1 nitrogen and oxygen atoms in total. The highest BCUT2D eigenvalue weighted by atomic mass is 32.1. The Labute approximate surface area is 105 Å². The first kappa shape index (κ1) is 12.3. The minimum absolute atomic E-state index is 0.0211. The molecule has 0 radical (unpaired) electrons. The lowest BCUT2D eigenvalue weighted by Gasteiger charge is -2.14. The summed E-state index contributed by atoms with van der Waals surface area (Å²) in [6.07, 6.45) is 1.78. The maximum absolute atomic E-state index is 13.1. The molecule has 0 amide bonds. The highest BCUT2D eigenvalue weighted by Crippen LogP contribution is 2.23. The third-order valence-corrected chi connectivity index (χ3v) is 3.80. The molecule has 1 heterocycles. The fourth-order valence-electron chi connectivity index (χ4n) is 1.90. The zero-order chi connectivity index (χ0) is 12.1. The SMILES string of the molecule is OCC(CCc1cccs1)c1cccc(F)c1. The van der Waals surface area contributed by atoms with Crippen LogP contribution in [0.3, 0.4) is 0 Å². The molecule has 1 N–H and O–H groups in total. The monoisotopic (exact) mass is 250 g/mol. The summed E-state index contributed by atoms with van der Waals surface area (Å²) in [5, 5.41) is 11.4. The number of aliphatic hydroxyl groups is 1. The van der Waals surface area contributed by atoms with E-state index in [0.29, 0.717) is 0 Å². The molecular formula is C14H15FOS. The van der Waals surface area contributed by atoms with Crippen LogP contribution in [0.4, 0.5) is 4.39 Å². The minimum Gasteiger partial charge on any atom is -0.396 e. The van der Waals surface area contributed by atoms with Gasteiger partial charge in [0.15, 0.2) is 0 Å². The van der Waals surface area contributed by atoms with Crippen LogP contribution < -0.4 is 0 Å². The predicted molar refractivity (Wildman–Crippen MR) is 68.9 cm³/mol. The number of aryl methyl sites for hydroxylation is 1. The van der Waals surface area contributed by atoms with Crippen LogP contribution in [0.5, 0.6) is 0 Å². The second-order valence-corrected chi connectivity index (χ2v) is 5.08. The number of halogens is 1. The van der Waals surface area contributed by atoms with Crippen molar-refractivity contribution in [3.8, 4) is 0 Å². The van der Waals surface area contributed by atoms with Gasteiger partial charge in [0.05, 0.1) is 0 Å². The van der Waals surface area contributed by atoms with Gasteiger partial charge in [-0.2, -0.15) is 0 Å². The van der Waals surface area contributed by atoms with E-state index in [4.69, 9.17) is 0 Å². The molecule has 17 heavy (non-hydrogen) atoms. The summed E-state index contributed by atoms with van der Waals surface area (Å²) in [6, 6.07) is 10.6. The second-order valence-electron chi connectivity index (χ2n) is 4.05. The topological polar surface area (TPSA) is 20.2 Å². The van der Waals surface area contributed by atoms with Crippen molar-refractivity contribution in [3.63, 3.8) is 0 Å². The summed E-state index contributed by atoms with van der Waals surface area (Å²) >= 11 is 1.72.